The quantitative estimate of drug-likeness (QED) is 0.886. The highest BCUT2D eigenvalue weighted by atomic mass is 16.2. The van der Waals surface area contributed by atoms with E-state index in [1.165, 1.54) is 5.56 Å². The standard InChI is InChI=1S/C23H29N3O2/c1-16-14-17(2)21(18(3)15-16)24-22(27)19(4)25-10-12-26(13-11-25)23(28)20-8-6-5-7-9-20/h5-9,14-15,19H,10-13H2,1-4H3,(H,24,27)/t19-/m1/s1. The number of aryl methyl sites for hydroxylation is 3. The summed E-state index contributed by atoms with van der Waals surface area (Å²) in [6.45, 7) is 10.7. The van der Waals surface area contributed by atoms with E-state index in [-0.39, 0.29) is 17.9 Å². The molecule has 2 aromatic carbocycles. The molecule has 5 nitrogen and oxygen atoms in total. The van der Waals surface area contributed by atoms with Crippen LogP contribution in [0.25, 0.3) is 0 Å². The Balaban J connectivity index is 1.58. The maximum Gasteiger partial charge on any atom is 0.253 e. The molecule has 1 saturated heterocycles. The minimum atomic E-state index is -0.242. The summed E-state index contributed by atoms with van der Waals surface area (Å²) in [6, 6.07) is 13.3. The van der Waals surface area contributed by atoms with Gasteiger partial charge in [0.25, 0.3) is 5.91 Å². The summed E-state index contributed by atoms with van der Waals surface area (Å²) in [5, 5.41) is 3.10. The summed E-state index contributed by atoms with van der Waals surface area (Å²) in [5.74, 6) is 0.0566. The van der Waals surface area contributed by atoms with Crippen molar-refractivity contribution in [3.05, 3.63) is 64.7 Å². The topological polar surface area (TPSA) is 52.7 Å². The molecular weight excluding hydrogens is 350 g/mol. The molecule has 148 valence electrons. The van der Waals surface area contributed by atoms with Crippen molar-refractivity contribution >= 4 is 17.5 Å². The summed E-state index contributed by atoms with van der Waals surface area (Å²) in [7, 11) is 0. The second-order valence-corrected chi connectivity index (χ2v) is 7.63. The maximum atomic E-state index is 12.8. The molecule has 0 aromatic heterocycles. The van der Waals surface area contributed by atoms with Gasteiger partial charge in [-0.3, -0.25) is 14.5 Å². The van der Waals surface area contributed by atoms with E-state index >= 15 is 0 Å². The lowest BCUT2D eigenvalue weighted by Gasteiger charge is -2.37. The molecule has 2 amide bonds. The molecule has 1 atom stereocenters. The Kier molecular flexibility index (Phi) is 6.15. The maximum absolute atomic E-state index is 12.8. The Hall–Kier alpha value is -2.66. The van der Waals surface area contributed by atoms with Gasteiger partial charge in [-0.1, -0.05) is 35.9 Å². The Morgan fingerprint density at radius 2 is 1.50 bits per heavy atom. The van der Waals surface area contributed by atoms with Gasteiger partial charge >= 0.3 is 0 Å². The van der Waals surface area contributed by atoms with Crippen molar-refractivity contribution in [2.75, 3.05) is 31.5 Å². The number of hydrogen-bond acceptors (Lipinski definition) is 3. The molecule has 0 bridgehead atoms. The fourth-order valence-electron chi connectivity index (χ4n) is 3.85. The second-order valence-electron chi connectivity index (χ2n) is 7.63. The van der Waals surface area contributed by atoms with Crippen molar-refractivity contribution in [3.8, 4) is 0 Å². The molecule has 0 unspecified atom stereocenters. The molecule has 1 aliphatic heterocycles. The zero-order valence-corrected chi connectivity index (χ0v) is 17.2. The van der Waals surface area contributed by atoms with Gasteiger partial charge < -0.3 is 10.2 Å². The van der Waals surface area contributed by atoms with Crippen LogP contribution in [0.15, 0.2) is 42.5 Å². The Morgan fingerprint density at radius 3 is 2.07 bits per heavy atom. The molecule has 1 aliphatic rings. The highest BCUT2D eigenvalue weighted by Crippen LogP contribution is 2.22. The monoisotopic (exact) mass is 379 g/mol. The largest absolute Gasteiger partial charge is 0.336 e. The summed E-state index contributed by atoms with van der Waals surface area (Å²) >= 11 is 0. The zero-order chi connectivity index (χ0) is 20.3. The van der Waals surface area contributed by atoms with Crippen LogP contribution in [0.4, 0.5) is 5.69 Å². The smallest absolute Gasteiger partial charge is 0.253 e. The van der Waals surface area contributed by atoms with Crippen LogP contribution in [0.3, 0.4) is 0 Å². The fraction of sp³-hybridized carbons (Fsp3) is 0.391. The molecule has 0 radical (unpaired) electrons. The first-order valence-electron chi connectivity index (χ1n) is 9.84. The first-order valence-corrected chi connectivity index (χ1v) is 9.84. The molecule has 0 spiro atoms. The van der Waals surface area contributed by atoms with Crippen LogP contribution in [0.1, 0.15) is 34.0 Å². The number of nitrogens with one attached hydrogen (secondary N) is 1. The minimum Gasteiger partial charge on any atom is -0.336 e. The molecule has 5 heteroatoms. The van der Waals surface area contributed by atoms with Crippen molar-refractivity contribution in [1.29, 1.82) is 0 Å². The van der Waals surface area contributed by atoms with Crippen LogP contribution < -0.4 is 5.32 Å². The van der Waals surface area contributed by atoms with Crippen molar-refractivity contribution in [3.63, 3.8) is 0 Å². The number of nitrogens with zero attached hydrogens (tertiary/aromatic N) is 2. The van der Waals surface area contributed by atoms with Crippen LogP contribution in [0, 0.1) is 20.8 Å². The fourth-order valence-corrected chi connectivity index (χ4v) is 3.85. The number of piperazine rings is 1. The number of rotatable bonds is 4. The highest BCUT2D eigenvalue weighted by Gasteiger charge is 2.28. The molecule has 0 aliphatic carbocycles. The van der Waals surface area contributed by atoms with Crippen LogP contribution in [-0.4, -0.2) is 53.8 Å². The van der Waals surface area contributed by atoms with Gasteiger partial charge in [-0.15, -0.1) is 0 Å². The third-order valence-electron chi connectivity index (χ3n) is 5.47. The molecule has 1 N–H and O–H groups in total. The van der Waals surface area contributed by atoms with Crippen molar-refractivity contribution < 1.29 is 9.59 Å². The van der Waals surface area contributed by atoms with Gasteiger partial charge in [0.2, 0.25) is 5.91 Å². The van der Waals surface area contributed by atoms with E-state index in [4.69, 9.17) is 0 Å². The van der Waals surface area contributed by atoms with Crippen LogP contribution in [-0.2, 0) is 4.79 Å². The van der Waals surface area contributed by atoms with Crippen molar-refractivity contribution in [2.24, 2.45) is 0 Å². The summed E-state index contributed by atoms with van der Waals surface area (Å²) in [6.07, 6.45) is 0. The van der Waals surface area contributed by atoms with Gasteiger partial charge in [-0.25, -0.2) is 0 Å². The predicted octanol–water partition coefficient (Wildman–Crippen LogP) is 3.40. The van der Waals surface area contributed by atoms with Gasteiger partial charge in [-0.05, 0) is 51.0 Å². The highest BCUT2D eigenvalue weighted by molar-refractivity contribution is 5.96. The second kappa shape index (κ2) is 8.57. The predicted molar refractivity (Wildman–Crippen MR) is 113 cm³/mol. The van der Waals surface area contributed by atoms with Crippen molar-refractivity contribution in [2.45, 2.75) is 33.7 Å². The van der Waals surface area contributed by atoms with E-state index in [0.717, 1.165) is 16.8 Å². The van der Waals surface area contributed by atoms with E-state index in [2.05, 4.69) is 29.3 Å². The molecule has 1 fully saturated rings. The molecular formula is C23H29N3O2. The van der Waals surface area contributed by atoms with E-state index in [1.54, 1.807) is 0 Å². The van der Waals surface area contributed by atoms with Crippen LogP contribution >= 0.6 is 0 Å². The van der Waals surface area contributed by atoms with Gasteiger partial charge in [-0.2, -0.15) is 0 Å². The molecule has 28 heavy (non-hydrogen) atoms. The van der Waals surface area contributed by atoms with Gasteiger partial charge in [0.05, 0.1) is 6.04 Å². The van der Waals surface area contributed by atoms with Crippen LogP contribution in [0.2, 0.25) is 0 Å². The molecule has 0 saturated carbocycles. The first kappa shape index (κ1) is 20.1. The van der Waals surface area contributed by atoms with E-state index in [1.807, 2.05) is 56.0 Å². The number of benzene rings is 2. The molecule has 3 rings (SSSR count). The number of anilines is 1. The normalized spacial score (nSPS) is 15.9. The average Bonchev–Trinajstić information content (AvgIpc) is 2.70. The Bertz CT molecular complexity index is 832. The van der Waals surface area contributed by atoms with Crippen molar-refractivity contribution in [1.82, 2.24) is 9.80 Å². The summed E-state index contributed by atoms with van der Waals surface area (Å²) < 4.78 is 0. The Morgan fingerprint density at radius 1 is 0.929 bits per heavy atom. The molecule has 2 aromatic rings. The lowest BCUT2D eigenvalue weighted by Crippen LogP contribution is -2.54. The summed E-state index contributed by atoms with van der Waals surface area (Å²) in [4.78, 5) is 29.4. The number of carbonyl (C=O) groups is 2. The third-order valence-corrected chi connectivity index (χ3v) is 5.47. The number of amides is 2. The average molecular weight is 380 g/mol. The molecule has 1 heterocycles. The van der Waals surface area contributed by atoms with E-state index in [0.29, 0.717) is 31.7 Å². The Labute approximate surface area is 167 Å². The van der Waals surface area contributed by atoms with E-state index < -0.39 is 0 Å². The van der Waals surface area contributed by atoms with Gasteiger partial charge in [0.1, 0.15) is 0 Å². The van der Waals surface area contributed by atoms with E-state index in [9.17, 15) is 9.59 Å². The van der Waals surface area contributed by atoms with Crippen LogP contribution in [0.5, 0.6) is 0 Å². The summed E-state index contributed by atoms with van der Waals surface area (Å²) in [5.41, 5.74) is 4.97. The minimum absolute atomic E-state index is 0.00195. The lowest BCUT2D eigenvalue weighted by atomic mass is 10.0. The zero-order valence-electron chi connectivity index (χ0n) is 17.2. The number of carbonyl (C=O) groups excluding carboxylic acids is 2. The van der Waals surface area contributed by atoms with Gasteiger partial charge in [0.15, 0.2) is 0 Å². The first-order chi connectivity index (χ1) is 13.4. The third kappa shape index (κ3) is 4.42. The lowest BCUT2D eigenvalue weighted by molar-refractivity contribution is -0.121. The van der Waals surface area contributed by atoms with Gasteiger partial charge in [0, 0.05) is 37.4 Å². The number of hydrogen-bond donors (Lipinski definition) is 1. The SMILES string of the molecule is Cc1cc(C)c(NC(=O)[C@@H](C)N2CCN(C(=O)c3ccccc3)CC2)c(C)c1.